The highest BCUT2D eigenvalue weighted by Gasteiger charge is 2.31. The van der Waals surface area contributed by atoms with Gasteiger partial charge in [0.15, 0.2) is 0 Å². The number of hydrogen-bond acceptors (Lipinski definition) is 4. The second kappa shape index (κ2) is 8.17. The molecule has 0 aromatic carbocycles. The van der Waals surface area contributed by atoms with Gasteiger partial charge in [0, 0.05) is 19.1 Å². The zero-order chi connectivity index (χ0) is 16.9. The summed E-state index contributed by atoms with van der Waals surface area (Å²) < 4.78 is 5.30. The third-order valence-corrected chi connectivity index (χ3v) is 5.72. The minimum atomic E-state index is -0.586. The van der Waals surface area contributed by atoms with Gasteiger partial charge >= 0.3 is 0 Å². The van der Waals surface area contributed by atoms with Crippen molar-refractivity contribution in [3.05, 3.63) is 24.2 Å². The van der Waals surface area contributed by atoms with Crippen molar-refractivity contribution in [3.63, 3.8) is 0 Å². The third kappa shape index (κ3) is 4.19. The summed E-state index contributed by atoms with van der Waals surface area (Å²) in [7, 11) is 1.96. The Bertz CT molecular complexity index is 511. The molecule has 0 radical (unpaired) electrons. The molecule has 2 atom stereocenters. The van der Waals surface area contributed by atoms with E-state index in [4.69, 9.17) is 4.42 Å². The fourth-order valence-corrected chi connectivity index (χ4v) is 4.18. The summed E-state index contributed by atoms with van der Waals surface area (Å²) in [6.45, 7) is 1.42. The number of carbonyl (C=O) groups is 1. The van der Waals surface area contributed by atoms with Crippen LogP contribution in [0, 0.1) is 0 Å². The van der Waals surface area contributed by atoms with Gasteiger partial charge in [-0.15, -0.1) is 0 Å². The molecule has 2 aliphatic rings. The van der Waals surface area contributed by atoms with Gasteiger partial charge in [-0.1, -0.05) is 19.3 Å². The van der Waals surface area contributed by atoms with Gasteiger partial charge in [-0.25, -0.2) is 0 Å². The average molecular weight is 334 g/mol. The minimum Gasteiger partial charge on any atom is -0.467 e. The maximum absolute atomic E-state index is 12.7. The van der Waals surface area contributed by atoms with Crippen LogP contribution in [0.5, 0.6) is 0 Å². The first-order valence-electron chi connectivity index (χ1n) is 9.36. The Labute approximate surface area is 144 Å². The number of aliphatic hydroxyl groups excluding tert-OH is 1. The van der Waals surface area contributed by atoms with Crippen molar-refractivity contribution < 1.29 is 14.3 Å². The Balaban J connectivity index is 1.52. The van der Waals surface area contributed by atoms with Gasteiger partial charge in [0.25, 0.3) is 0 Å². The highest BCUT2D eigenvalue weighted by molar-refractivity contribution is 5.78. The molecule has 1 aliphatic heterocycles. The molecule has 1 saturated heterocycles. The van der Waals surface area contributed by atoms with Gasteiger partial charge in [0.05, 0.1) is 12.8 Å². The number of rotatable bonds is 6. The smallest absolute Gasteiger partial charge is 0.236 e. The van der Waals surface area contributed by atoms with Crippen molar-refractivity contribution in [3.8, 4) is 0 Å². The summed E-state index contributed by atoms with van der Waals surface area (Å²) in [5.74, 6) is 0.841. The molecule has 5 heteroatoms. The normalized spacial score (nSPS) is 24.2. The fourth-order valence-electron chi connectivity index (χ4n) is 4.18. The standard InChI is InChI=1S/C19H30N2O3/c1-20(15-7-3-2-4-8-15)19(23)14-21-11-5-9-16(21)13-17(22)18-10-6-12-24-18/h6,10,12,15-17,22H,2-5,7-9,11,13-14H2,1H3. The van der Waals surface area contributed by atoms with E-state index in [9.17, 15) is 9.90 Å². The van der Waals surface area contributed by atoms with E-state index in [1.54, 1.807) is 12.3 Å². The molecule has 1 amide bonds. The van der Waals surface area contributed by atoms with Crippen LogP contribution >= 0.6 is 0 Å². The van der Waals surface area contributed by atoms with E-state index < -0.39 is 6.10 Å². The Hall–Kier alpha value is -1.33. The second-order valence-electron chi connectivity index (χ2n) is 7.33. The molecule has 1 aromatic rings. The number of nitrogens with zero attached hydrogens (tertiary/aromatic N) is 2. The summed E-state index contributed by atoms with van der Waals surface area (Å²) >= 11 is 0. The van der Waals surface area contributed by atoms with E-state index in [-0.39, 0.29) is 11.9 Å². The highest BCUT2D eigenvalue weighted by atomic mass is 16.4. The molecule has 2 fully saturated rings. The molecule has 1 saturated carbocycles. The maximum Gasteiger partial charge on any atom is 0.236 e. The van der Waals surface area contributed by atoms with Crippen molar-refractivity contribution in [1.29, 1.82) is 0 Å². The number of aliphatic hydroxyl groups is 1. The third-order valence-electron chi connectivity index (χ3n) is 5.72. The summed E-state index contributed by atoms with van der Waals surface area (Å²) in [6.07, 6.45) is 9.84. The van der Waals surface area contributed by atoms with Crippen LogP contribution in [0.15, 0.2) is 22.8 Å². The zero-order valence-electron chi connectivity index (χ0n) is 14.7. The molecule has 1 aromatic heterocycles. The molecule has 2 heterocycles. The first kappa shape index (κ1) is 17.5. The highest BCUT2D eigenvalue weighted by Crippen LogP contribution is 2.28. The molecule has 24 heavy (non-hydrogen) atoms. The van der Waals surface area contributed by atoms with Crippen LogP contribution in [-0.4, -0.2) is 53.0 Å². The second-order valence-corrected chi connectivity index (χ2v) is 7.33. The summed E-state index contributed by atoms with van der Waals surface area (Å²) in [5.41, 5.74) is 0. The monoisotopic (exact) mass is 334 g/mol. The molecule has 2 unspecified atom stereocenters. The topological polar surface area (TPSA) is 56.9 Å². The molecule has 1 N–H and O–H groups in total. The molecule has 3 rings (SSSR count). The number of likely N-dealkylation sites (N-methyl/N-ethyl adjacent to an activating group) is 1. The molecule has 0 spiro atoms. The van der Waals surface area contributed by atoms with Crippen LogP contribution < -0.4 is 0 Å². The quantitative estimate of drug-likeness (QED) is 0.869. The predicted octanol–water partition coefficient (Wildman–Crippen LogP) is 2.96. The van der Waals surface area contributed by atoms with Crippen LogP contribution in [0.3, 0.4) is 0 Å². The summed E-state index contributed by atoms with van der Waals surface area (Å²) in [5, 5.41) is 10.3. The number of furan rings is 1. The number of hydrogen-bond donors (Lipinski definition) is 1. The lowest BCUT2D eigenvalue weighted by molar-refractivity contribution is -0.134. The Morgan fingerprint density at radius 3 is 2.83 bits per heavy atom. The molecule has 1 aliphatic carbocycles. The van der Waals surface area contributed by atoms with Crippen LogP contribution in [0.1, 0.15) is 63.2 Å². The van der Waals surface area contributed by atoms with E-state index in [1.807, 2.05) is 18.0 Å². The van der Waals surface area contributed by atoms with Crippen LogP contribution in [0.2, 0.25) is 0 Å². The van der Waals surface area contributed by atoms with Gasteiger partial charge in [-0.05, 0) is 50.8 Å². The minimum absolute atomic E-state index is 0.223. The van der Waals surface area contributed by atoms with Crippen molar-refractivity contribution in [2.24, 2.45) is 0 Å². The molecular weight excluding hydrogens is 304 g/mol. The first-order valence-corrected chi connectivity index (χ1v) is 9.36. The lowest BCUT2D eigenvalue weighted by Crippen LogP contribution is -2.45. The molecule has 0 bridgehead atoms. The van der Waals surface area contributed by atoms with Gasteiger partial charge in [0.1, 0.15) is 11.9 Å². The van der Waals surface area contributed by atoms with Crippen LogP contribution in [0.25, 0.3) is 0 Å². The average Bonchev–Trinajstić information content (AvgIpc) is 3.27. The van der Waals surface area contributed by atoms with E-state index in [1.165, 1.54) is 19.3 Å². The molecule has 134 valence electrons. The van der Waals surface area contributed by atoms with Gasteiger partial charge in [-0.3, -0.25) is 9.69 Å². The van der Waals surface area contributed by atoms with Crippen LogP contribution in [0.4, 0.5) is 0 Å². The Kier molecular flexibility index (Phi) is 5.95. The largest absolute Gasteiger partial charge is 0.467 e. The van der Waals surface area contributed by atoms with Crippen LogP contribution in [-0.2, 0) is 4.79 Å². The van der Waals surface area contributed by atoms with E-state index in [2.05, 4.69) is 4.90 Å². The lowest BCUT2D eigenvalue weighted by Gasteiger charge is -2.33. The van der Waals surface area contributed by atoms with Crippen molar-refractivity contribution in [2.45, 2.75) is 69.6 Å². The van der Waals surface area contributed by atoms with E-state index in [0.717, 1.165) is 32.2 Å². The Morgan fingerprint density at radius 1 is 1.33 bits per heavy atom. The van der Waals surface area contributed by atoms with Gasteiger partial charge in [0.2, 0.25) is 5.91 Å². The first-order chi connectivity index (χ1) is 11.6. The van der Waals surface area contributed by atoms with Crippen molar-refractivity contribution in [1.82, 2.24) is 9.80 Å². The van der Waals surface area contributed by atoms with E-state index >= 15 is 0 Å². The maximum atomic E-state index is 12.7. The summed E-state index contributed by atoms with van der Waals surface area (Å²) in [4.78, 5) is 16.9. The SMILES string of the molecule is CN(C(=O)CN1CCCC1CC(O)c1ccco1)C1CCCCC1. The number of likely N-dealkylation sites (tertiary alicyclic amines) is 1. The Morgan fingerprint density at radius 2 is 2.12 bits per heavy atom. The van der Waals surface area contributed by atoms with E-state index in [0.29, 0.717) is 24.8 Å². The molecule has 5 nitrogen and oxygen atoms in total. The number of carbonyl (C=O) groups excluding carboxylic acids is 1. The predicted molar refractivity (Wildman–Crippen MR) is 92.5 cm³/mol. The number of amides is 1. The fraction of sp³-hybridized carbons (Fsp3) is 0.737. The van der Waals surface area contributed by atoms with Crippen molar-refractivity contribution >= 4 is 5.91 Å². The van der Waals surface area contributed by atoms with Crippen molar-refractivity contribution in [2.75, 3.05) is 20.1 Å². The van der Waals surface area contributed by atoms with Gasteiger partial charge < -0.3 is 14.4 Å². The summed E-state index contributed by atoms with van der Waals surface area (Å²) in [6, 6.07) is 4.29. The zero-order valence-corrected chi connectivity index (χ0v) is 14.7. The lowest BCUT2D eigenvalue weighted by atomic mass is 9.94. The van der Waals surface area contributed by atoms with Gasteiger partial charge in [-0.2, -0.15) is 0 Å². The molecular formula is C19H30N2O3.